The van der Waals surface area contributed by atoms with Gasteiger partial charge in [0.15, 0.2) is 0 Å². The molecule has 4 nitrogen and oxygen atoms in total. The highest BCUT2D eigenvalue weighted by Crippen LogP contribution is 2.29. The van der Waals surface area contributed by atoms with Crippen LogP contribution in [0.25, 0.3) is 0 Å². The van der Waals surface area contributed by atoms with Crippen LogP contribution in [0.15, 0.2) is 17.0 Å². The van der Waals surface area contributed by atoms with Crippen molar-refractivity contribution in [2.75, 3.05) is 6.54 Å². The summed E-state index contributed by atoms with van der Waals surface area (Å²) in [6.07, 6.45) is 0.839. The van der Waals surface area contributed by atoms with Crippen molar-refractivity contribution >= 4 is 33.2 Å². The standard InChI is InChI=1S/C13H19Cl2NO3S/c1-4-13(2,3)8-16-20(18,19)12-5-9(7-17)10(14)6-11(12)15/h5-6,16-17H,4,7-8H2,1-3H3. The summed E-state index contributed by atoms with van der Waals surface area (Å²) in [7, 11) is -3.74. The Morgan fingerprint density at radius 2 is 1.85 bits per heavy atom. The van der Waals surface area contributed by atoms with Crippen molar-refractivity contribution < 1.29 is 13.5 Å². The van der Waals surface area contributed by atoms with Gasteiger partial charge in [-0.3, -0.25) is 0 Å². The Balaban J connectivity index is 3.10. The van der Waals surface area contributed by atoms with Crippen molar-refractivity contribution in [3.05, 3.63) is 27.7 Å². The number of hydrogen-bond donors (Lipinski definition) is 2. The smallest absolute Gasteiger partial charge is 0.242 e. The highest BCUT2D eigenvalue weighted by atomic mass is 35.5. The maximum atomic E-state index is 12.3. The third kappa shape index (κ3) is 4.33. The summed E-state index contributed by atoms with van der Waals surface area (Å²) in [5.41, 5.74) is 0.178. The van der Waals surface area contributed by atoms with E-state index in [2.05, 4.69) is 4.72 Å². The summed E-state index contributed by atoms with van der Waals surface area (Å²) in [6, 6.07) is 2.63. The average molecular weight is 340 g/mol. The molecule has 0 aliphatic carbocycles. The SMILES string of the molecule is CCC(C)(C)CNS(=O)(=O)c1cc(CO)c(Cl)cc1Cl. The van der Waals surface area contributed by atoms with Crippen molar-refractivity contribution in [1.82, 2.24) is 4.72 Å². The van der Waals surface area contributed by atoms with Gasteiger partial charge >= 0.3 is 0 Å². The zero-order valence-corrected chi connectivity index (χ0v) is 14.0. The quantitative estimate of drug-likeness (QED) is 0.836. The van der Waals surface area contributed by atoms with Gasteiger partial charge in [0.05, 0.1) is 11.6 Å². The molecule has 0 aliphatic rings. The second kappa shape index (κ2) is 6.62. The van der Waals surface area contributed by atoms with E-state index in [1.54, 1.807) is 0 Å². The molecule has 0 aliphatic heterocycles. The maximum Gasteiger partial charge on any atom is 0.242 e. The first kappa shape index (κ1) is 17.7. The van der Waals surface area contributed by atoms with Crippen LogP contribution in [0.2, 0.25) is 10.0 Å². The minimum absolute atomic E-state index is 0.0361. The summed E-state index contributed by atoms with van der Waals surface area (Å²) in [6.45, 7) is 5.89. The summed E-state index contributed by atoms with van der Waals surface area (Å²) < 4.78 is 27.1. The summed E-state index contributed by atoms with van der Waals surface area (Å²) >= 11 is 11.8. The third-order valence-corrected chi connectivity index (χ3v) is 5.48. The summed E-state index contributed by atoms with van der Waals surface area (Å²) in [5, 5.41) is 9.43. The van der Waals surface area contributed by atoms with E-state index >= 15 is 0 Å². The van der Waals surface area contributed by atoms with E-state index in [0.29, 0.717) is 12.1 Å². The number of aliphatic hydroxyl groups is 1. The van der Waals surface area contributed by atoms with Gasteiger partial charge in [0, 0.05) is 11.6 Å². The van der Waals surface area contributed by atoms with Crippen LogP contribution in [0.5, 0.6) is 0 Å². The molecule has 0 spiro atoms. The Kier molecular flexibility index (Phi) is 5.87. The number of aliphatic hydroxyl groups excluding tert-OH is 1. The van der Waals surface area contributed by atoms with Gasteiger partial charge < -0.3 is 5.11 Å². The predicted molar refractivity (Wildman–Crippen MR) is 81.6 cm³/mol. The Hall–Kier alpha value is -0.330. The van der Waals surface area contributed by atoms with Gasteiger partial charge in [0.1, 0.15) is 4.90 Å². The number of rotatable bonds is 6. The van der Waals surface area contributed by atoms with Gasteiger partial charge in [-0.25, -0.2) is 13.1 Å². The molecule has 0 saturated carbocycles. The normalized spacial score (nSPS) is 12.7. The van der Waals surface area contributed by atoms with E-state index in [1.165, 1.54) is 12.1 Å². The number of hydrogen-bond acceptors (Lipinski definition) is 3. The molecule has 0 radical (unpaired) electrons. The fourth-order valence-electron chi connectivity index (χ4n) is 1.39. The molecule has 0 heterocycles. The lowest BCUT2D eigenvalue weighted by Crippen LogP contribution is -2.33. The summed E-state index contributed by atoms with van der Waals surface area (Å²) in [5.74, 6) is 0. The Labute approximate surface area is 130 Å². The first-order chi connectivity index (χ1) is 9.13. The second-order valence-corrected chi connectivity index (χ2v) is 7.92. The fraction of sp³-hybridized carbons (Fsp3) is 0.538. The molecule has 0 saturated heterocycles. The van der Waals surface area contributed by atoms with Crippen LogP contribution in [-0.4, -0.2) is 20.1 Å². The molecule has 0 unspecified atom stereocenters. The average Bonchev–Trinajstić information content (AvgIpc) is 2.36. The Bertz CT molecular complexity index is 586. The zero-order chi connectivity index (χ0) is 15.6. The molecule has 0 bridgehead atoms. The number of nitrogens with one attached hydrogen (secondary N) is 1. The van der Waals surface area contributed by atoms with Gasteiger partial charge in [-0.05, 0) is 29.5 Å². The van der Waals surface area contributed by atoms with E-state index in [9.17, 15) is 8.42 Å². The van der Waals surface area contributed by atoms with Crippen LogP contribution in [0, 0.1) is 5.41 Å². The lowest BCUT2D eigenvalue weighted by molar-refractivity contribution is 0.281. The van der Waals surface area contributed by atoms with Crippen molar-refractivity contribution in [2.24, 2.45) is 5.41 Å². The van der Waals surface area contributed by atoms with Gasteiger partial charge in [0.2, 0.25) is 10.0 Å². The first-order valence-corrected chi connectivity index (χ1v) is 8.45. The fourth-order valence-corrected chi connectivity index (χ4v) is 3.49. The number of benzene rings is 1. The van der Waals surface area contributed by atoms with E-state index in [1.807, 2.05) is 20.8 Å². The summed E-state index contributed by atoms with van der Waals surface area (Å²) in [4.78, 5) is -0.0699. The first-order valence-electron chi connectivity index (χ1n) is 6.21. The topological polar surface area (TPSA) is 66.4 Å². The molecule has 20 heavy (non-hydrogen) atoms. The number of halogens is 2. The van der Waals surface area contributed by atoms with Crippen molar-refractivity contribution in [3.8, 4) is 0 Å². The molecule has 2 N–H and O–H groups in total. The van der Waals surface area contributed by atoms with Gasteiger partial charge in [-0.15, -0.1) is 0 Å². The molecule has 114 valence electrons. The molecule has 0 aromatic heterocycles. The van der Waals surface area contributed by atoms with Crippen LogP contribution >= 0.6 is 23.2 Å². The van der Waals surface area contributed by atoms with Crippen molar-refractivity contribution in [3.63, 3.8) is 0 Å². The van der Waals surface area contributed by atoms with Gasteiger partial charge in [0.25, 0.3) is 0 Å². The van der Waals surface area contributed by atoms with Crippen LogP contribution in [0.4, 0.5) is 0 Å². The van der Waals surface area contributed by atoms with E-state index < -0.39 is 10.0 Å². The van der Waals surface area contributed by atoms with Crippen LogP contribution in [-0.2, 0) is 16.6 Å². The van der Waals surface area contributed by atoms with Crippen LogP contribution in [0.1, 0.15) is 32.8 Å². The van der Waals surface area contributed by atoms with E-state index in [4.69, 9.17) is 28.3 Å². The van der Waals surface area contributed by atoms with Gasteiger partial charge in [-0.2, -0.15) is 0 Å². The lowest BCUT2D eigenvalue weighted by Gasteiger charge is -2.23. The highest BCUT2D eigenvalue weighted by Gasteiger charge is 2.23. The molecule has 0 amide bonds. The van der Waals surface area contributed by atoms with Crippen molar-refractivity contribution in [1.29, 1.82) is 0 Å². The minimum Gasteiger partial charge on any atom is -0.392 e. The molecule has 0 atom stereocenters. The largest absolute Gasteiger partial charge is 0.392 e. The van der Waals surface area contributed by atoms with Crippen LogP contribution < -0.4 is 4.72 Å². The van der Waals surface area contributed by atoms with Gasteiger partial charge in [-0.1, -0.05) is 44.0 Å². The molecule has 1 aromatic rings. The molecule has 0 fully saturated rings. The molecule has 1 rings (SSSR count). The molecular formula is C13H19Cl2NO3S. The Morgan fingerprint density at radius 1 is 1.25 bits per heavy atom. The highest BCUT2D eigenvalue weighted by molar-refractivity contribution is 7.89. The predicted octanol–water partition coefficient (Wildman–Crippen LogP) is 3.20. The van der Waals surface area contributed by atoms with Crippen molar-refractivity contribution in [2.45, 2.75) is 38.7 Å². The van der Waals surface area contributed by atoms with E-state index in [-0.39, 0.29) is 27.0 Å². The molecular weight excluding hydrogens is 321 g/mol. The molecule has 1 aromatic carbocycles. The minimum atomic E-state index is -3.74. The number of sulfonamides is 1. The zero-order valence-electron chi connectivity index (χ0n) is 11.7. The maximum absolute atomic E-state index is 12.3. The molecule has 7 heteroatoms. The lowest BCUT2D eigenvalue weighted by atomic mass is 9.91. The van der Waals surface area contributed by atoms with E-state index in [0.717, 1.165) is 6.42 Å². The second-order valence-electron chi connectivity index (χ2n) is 5.37. The monoisotopic (exact) mass is 339 g/mol. The van der Waals surface area contributed by atoms with Crippen LogP contribution in [0.3, 0.4) is 0 Å². The Morgan fingerprint density at radius 3 is 2.35 bits per heavy atom. The third-order valence-electron chi connectivity index (χ3n) is 3.26.